The van der Waals surface area contributed by atoms with Crippen molar-refractivity contribution in [3.05, 3.63) is 12.7 Å². The lowest BCUT2D eigenvalue weighted by molar-refractivity contribution is -0.142. The minimum Gasteiger partial charge on any atom is -0.459 e. The lowest BCUT2D eigenvalue weighted by Gasteiger charge is -2.27. The Bertz CT molecular complexity index is 325. The van der Waals surface area contributed by atoms with Crippen LogP contribution in [0.25, 0.3) is 0 Å². The summed E-state index contributed by atoms with van der Waals surface area (Å²) in [5, 5.41) is 9.86. The lowest BCUT2D eigenvalue weighted by Crippen LogP contribution is -2.27. The van der Waals surface area contributed by atoms with Crippen LogP contribution in [0.4, 0.5) is 0 Å². The van der Waals surface area contributed by atoms with Gasteiger partial charge in [0.15, 0.2) is 0 Å². The van der Waals surface area contributed by atoms with E-state index in [9.17, 15) is 9.90 Å². The first-order chi connectivity index (χ1) is 7.69. The highest BCUT2D eigenvalue weighted by molar-refractivity contribution is 5.81. The lowest BCUT2D eigenvalue weighted by atomic mass is 9.80. The molecule has 0 aromatic carbocycles. The summed E-state index contributed by atoms with van der Waals surface area (Å²) in [6.45, 7) is 3.41. The molecule has 2 bridgehead atoms. The minimum absolute atomic E-state index is 0.0658. The van der Waals surface area contributed by atoms with Gasteiger partial charge in [0.1, 0.15) is 6.10 Å². The summed E-state index contributed by atoms with van der Waals surface area (Å²) >= 11 is 0. The van der Waals surface area contributed by atoms with Crippen LogP contribution in [0.15, 0.2) is 12.7 Å². The monoisotopic (exact) mass is 222 g/mol. The normalized spacial score (nSPS) is 49.1. The number of ether oxygens (including phenoxy) is 1. The van der Waals surface area contributed by atoms with E-state index < -0.39 is 0 Å². The fourth-order valence-corrected chi connectivity index (χ4v) is 4.29. The second-order valence-corrected chi connectivity index (χ2v) is 5.52. The van der Waals surface area contributed by atoms with Gasteiger partial charge >= 0.3 is 5.97 Å². The molecule has 3 aliphatic rings. The van der Waals surface area contributed by atoms with E-state index in [2.05, 4.69) is 6.58 Å². The average molecular weight is 222 g/mol. The SMILES string of the molecule is C=CC(=O)OC1CC2C3CC(O)C(C3)C2C1. The fraction of sp³-hybridized carbons (Fsp3) is 0.769. The zero-order chi connectivity index (χ0) is 11.3. The third-order valence-electron chi connectivity index (χ3n) is 4.84. The van der Waals surface area contributed by atoms with Crippen LogP contribution in [0.1, 0.15) is 25.7 Å². The molecule has 0 aliphatic heterocycles. The number of carbonyl (C=O) groups is 1. The van der Waals surface area contributed by atoms with Crippen molar-refractivity contribution in [2.24, 2.45) is 23.7 Å². The van der Waals surface area contributed by atoms with E-state index in [1.807, 2.05) is 0 Å². The van der Waals surface area contributed by atoms with E-state index in [4.69, 9.17) is 4.74 Å². The minimum atomic E-state index is -0.308. The number of esters is 1. The van der Waals surface area contributed by atoms with Crippen LogP contribution in [-0.2, 0) is 9.53 Å². The van der Waals surface area contributed by atoms with Gasteiger partial charge in [-0.25, -0.2) is 4.79 Å². The summed E-state index contributed by atoms with van der Waals surface area (Å²) in [6.07, 6.45) is 5.31. The van der Waals surface area contributed by atoms with Crippen molar-refractivity contribution in [2.45, 2.75) is 37.9 Å². The largest absolute Gasteiger partial charge is 0.459 e. The first-order valence-electron chi connectivity index (χ1n) is 6.20. The first-order valence-corrected chi connectivity index (χ1v) is 6.20. The van der Waals surface area contributed by atoms with E-state index >= 15 is 0 Å². The van der Waals surface area contributed by atoms with Crippen LogP contribution in [0.2, 0.25) is 0 Å². The summed E-state index contributed by atoms with van der Waals surface area (Å²) < 4.78 is 5.32. The fourth-order valence-electron chi connectivity index (χ4n) is 4.29. The Labute approximate surface area is 95.5 Å². The quantitative estimate of drug-likeness (QED) is 0.569. The molecule has 0 amide bonds. The highest BCUT2D eigenvalue weighted by Crippen LogP contribution is 2.59. The molecule has 0 aromatic heterocycles. The highest BCUT2D eigenvalue weighted by atomic mass is 16.5. The molecular weight excluding hydrogens is 204 g/mol. The Hall–Kier alpha value is -0.830. The van der Waals surface area contributed by atoms with Gasteiger partial charge in [-0.1, -0.05) is 6.58 Å². The second kappa shape index (κ2) is 3.59. The third-order valence-corrected chi connectivity index (χ3v) is 4.84. The smallest absolute Gasteiger partial charge is 0.330 e. The van der Waals surface area contributed by atoms with Crippen LogP contribution in [-0.4, -0.2) is 23.3 Å². The van der Waals surface area contributed by atoms with E-state index in [0.717, 1.165) is 19.3 Å². The van der Waals surface area contributed by atoms with Gasteiger partial charge in [-0.05, 0) is 49.4 Å². The summed E-state index contributed by atoms with van der Waals surface area (Å²) in [4.78, 5) is 11.1. The van der Waals surface area contributed by atoms with Crippen LogP contribution >= 0.6 is 0 Å². The summed E-state index contributed by atoms with van der Waals surface area (Å²) in [7, 11) is 0. The molecular formula is C13H18O3. The molecule has 0 radical (unpaired) electrons. The number of hydrogen-bond acceptors (Lipinski definition) is 3. The molecule has 3 saturated carbocycles. The Kier molecular flexibility index (Phi) is 2.32. The van der Waals surface area contributed by atoms with E-state index in [1.54, 1.807) is 0 Å². The van der Waals surface area contributed by atoms with Gasteiger partial charge in [0.05, 0.1) is 6.10 Å². The number of aliphatic hydroxyl groups is 1. The molecule has 0 spiro atoms. The van der Waals surface area contributed by atoms with Crippen molar-refractivity contribution < 1.29 is 14.6 Å². The van der Waals surface area contributed by atoms with Gasteiger partial charge in [0.25, 0.3) is 0 Å². The van der Waals surface area contributed by atoms with Gasteiger partial charge in [0.2, 0.25) is 0 Å². The van der Waals surface area contributed by atoms with Crippen molar-refractivity contribution in [3.8, 4) is 0 Å². The van der Waals surface area contributed by atoms with Gasteiger partial charge < -0.3 is 9.84 Å². The molecule has 88 valence electrons. The maximum Gasteiger partial charge on any atom is 0.330 e. The Balaban J connectivity index is 1.66. The molecule has 3 rings (SSSR count). The van der Waals surface area contributed by atoms with Crippen LogP contribution in [0.3, 0.4) is 0 Å². The molecule has 16 heavy (non-hydrogen) atoms. The maximum atomic E-state index is 11.1. The van der Waals surface area contributed by atoms with Crippen molar-refractivity contribution >= 4 is 5.97 Å². The second-order valence-electron chi connectivity index (χ2n) is 5.52. The highest BCUT2D eigenvalue weighted by Gasteiger charge is 2.56. The topological polar surface area (TPSA) is 46.5 Å². The summed E-state index contributed by atoms with van der Waals surface area (Å²) in [5.74, 6) is 2.13. The number of carbonyl (C=O) groups excluding carboxylic acids is 1. The van der Waals surface area contributed by atoms with Gasteiger partial charge in [-0.3, -0.25) is 0 Å². The third kappa shape index (κ3) is 1.41. The Morgan fingerprint density at radius 1 is 1.19 bits per heavy atom. The standard InChI is InChI=1S/C13H18O3/c1-2-13(15)16-8-5-9-7-3-11(10(9)6-8)12(14)4-7/h2,7-12,14H,1,3-6H2. The molecule has 3 aliphatic carbocycles. The maximum absolute atomic E-state index is 11.1. The molecule has 0 heterocycles. The zero-order valence-electron chi connectivity index (χ0n) is 9.34. The molecule has 6 unspecified atom stereocenters. The van der Waals surface area contributed by atoms with Crippen molar-refractivity contribution in [1.29, 1.82) is 0 Å². The van der Waals surface area contributed by atoms with Crippen molar-refractivity contribution in [3.63, 3.8) is 0 Å². The molecule has 0 saturated heterocycles. The zero-order valence-corrected chi connectivity index (χ0v) is 9.34. The number of aliphatic hydroxyl groups excluding tert-OH is 1. The molecule has 1 N–H and O–H groups in total. The van der Waals surface area contributed by atoms with Gasteiger partial charge in [0, 0.05) is 6.08 Å². The van der Waals surface area contributed by atoms with Crippen LogP contribution in [0, 0.1) is 23.7 Å². The van der Waals surface area contributed by atoms with Crippen molar-refractivity contribution in [1.82, 2.24) is 0 Å². The summed E-state index contributed by atoms with van der Waals surface area (Å²) in [5.41, 5.74) is 0. The number of rotatable bonds is 2. The summed E-state index contributed by atoms with van der Waals surface area (Å²) in [6, 6.07) is 0. The first kappa shape index (κ1) is 10.3. The Morgan fingerprint density at radius 3 is 2.69 bits per heavy atom. The molecule has 3 heteroatoms. The molecule has 3 fully saturated rings. The number of fused-ring (bicyclic) bond motifs is 5. The van der Waals surface area contributed by atoms with E-state index in [1.165, 1.54) is 12.5 Å². The van der Waals surface area contributed by atoms with Crippen LogP contribution < -0.4 is 0 Å². The number of hydrogen-bond donors (Lipinski definition) is 1. The predicted octanol–water partition coefficient (Wildman–Crippen LogP) is 1.51. The van der Waals surface area contributed by atoms with Crippen LogP contribution in [0.5, 0.6) is 0 Å². The Morgan fingerprint density at radius 2 is 1.94 bits per heavy atom. The van der Waals surface area contributed by atoms with Gasteiger partial charge in [-0.15, -0.1) is 0 Å². The van der Waals surface area contributed by atoms with E-state index in [-0.39, 0.29) is 18.2 Å². The average Bonchev–Trinajstić information content (AvgIpc) is 2.87. The predicted molar refractivity (Wildman–Crippen MR) is 58.5 cm³/mol. The van der Waals surface area contributed by atoms with Crippen molar-refractivity contribution in [2.75, 3.05) is 0 Å². The molecule has 0 aromatic rings. The molecule has 6 atom stereocenters. The van der Waals surface area contributed by atoms with E-state index in [0.29, 0.717) is 23.7 Å². The molecule has 3 nitrogen and oxygen atoms in total. The van der Waals surface area contributed by atoms with Gasteiger partial charge in [-0.2, -0.15) is 0 Å².